The van der Waals surface area contributed by atoms with Gasteiger partial charge in [-0.3, -0.25) is 9.59 Å². The zero-order valence-corrected chi connectivity index (χ0v) is 14.1. The van der Waals surface area contributed by atoms with E-state index in [1.54, 1.807) is 0 Å². The van der Waals surface area contributed by atoms with Gasteiger partial charge in [0.15, 0.2) is 0 Å². The molecule has 24 heavy (non-hydrogen) atoms. The van der Waals surface area contributed by atoms with Crippen molar-refractivity contribution in [2.24, 2.45) is 0 Å². The molecule has 0 aliphatic heterocycles. The predicted molar refractivity (Wildman–Crippen MR) is 85.4 cm³/mol. The van der Waals surface area contributed by atoms with Crippen molar-refractivity contribution < 1.29 is 39.5 Å². The second-order valence-corrected chi connectivity index (χ2v) is 5.67. The number of unbranched alkanes of at least 4 members (excludes halogenated alkanes) is 5. The summed E-state index contributed by atoms with van der Waals surface area (Å²) in [4.78, 5) is 21.9. The molecular formula is C16H30O8. The van der Waals surface area contributed by atoms with Gasteiger partial charge < -0.3 is 29.9 Å². The third-order valence-electron chi connectivity index (χ3n) is 3.39. The van der Waals surface area contributed by atoms with Gasteiger partial charge in [0.25, 0.3) is 0 Å². The molecule has 142 valence electrons. The highest BCUT2D eigenvalue weighted by Gasteiger charge is 2.13. The van der Waals surface area contributed by atoms with Crippen LogP contribution in [0, 0.1) is 0 Å². The molecule has 0 saturated carbocycles. The third-order valence-corrected chi connectivity index (χ3v) is 3.39. The molecule has 2 atom stereocenters. The van der Waals surface area contributed by atoms with Gasteiger partial charge in [-0.1, -0.05) is 25.7 Å². The molecule has 0 fully saturated rings. The van der Waals surface area contributed by atoms with Gasteiger partial charge >= 0.3 is 11.9 Å². The van der Waals surface area contributed by atoms with Crippen LogP contribution in [0.25, 0.3) is 0 Å². The van der Waals surface area contributed by atoms with Crippen LogP contribution in [0.1, 0.15) is 51.4 Å². The van der Waals surface area contributed by atoms with Crippen LogP contribution in [-0.2, 0) is 19.1 Å². The first-order valence-corrected chi connectivity index (χ1v) is 8.38. The van der Waals surface area contributed by atoms with Crippen molar-refractivity contribution in [2.75, 3.05) is 26.4 Å². The van der Waals surface area contributed by atoms with Gasteiger partial charge in [-0.05, 0) is 12.8 Å². The minimum atomic E-state index is -1.02. The molecular weight excluding hydrogens is 320 g/mol. The van der Waals surface area contributed by atoms with E-state index in [2.05, 4.69) is 0 Å². The maximum atomic E-state index is 11.6. The van der Waals surface area contributed by atoms with E-state index in [9.17, 15) is 9.59 Å². The Hall–Kier alpha value is -1.22. The normalized spacial score (nSPS) is 13.5. The molecule has 4 N–H and O–H groups in total. The van der Waals surface area contributed by atoms with Gasteiger partial charge in [-0.2, -0.15) is 0 Å². The molecule has 0 heterocycles. The number of carbonyl (C=O) groups is 2. The van der Waals surface area contributed by atoms with E-state index in [1.807, 2.05) is 0 Å². The van der Waals surface area contributed by atoms with E-state index in [1.165, 1.54) is 0 Å². The van der Waals surface area contributed by atoms with E-state index in [0.717, 1.165) is 25.7 Å². The summed E-state index contributed by atoms with van der Waals surface area (Å²) < 4.78 is 10.1. The first-order chi connectivity index (χ1) is 11.5. The number of carboxylic acid groups (broad SMARTS) is 1. The number of hydrogen-bond donors (Lipinski definition) is 4. The van der Waals surface area contributed by atoms with Gasteiger partial charge in [0.1, 0.15) is 18.8 Å². The molecule has 0 bridgehead atoms. The Labute approximate surface area is 142 Å². The second-order valence-electron chi connectivity index (χ2n) is 5.67. The fourth-order valence-electron chi connectivity index (χ4n) is 1.96. The first kappa shape index (κ1) is 22.8. The lowest BCUT2D eigenvalue weighted by atomic mass is 10.1. The summed E-state index contributed by atoms with van der Waals surface area (Å²) in [5.74, 6) is -1.14. The van der Waals surface area contributed by atoms with Crippen LogP contribution in [0.3, 0.4) is 0 Å². The SMILES string of the molecule is O=C(O)CCCCCCCCC(=O)OCC(CO)OCC(O)CO. The number of aliphatic hydroxyl groups excluding tert-OH is 3. The lowest BCUT2D eigenvalue weighted by molar-refractivity contribution is -0.150. The summed E-state index contributed by atoms with van der Waals surface area (Å²) in [6, 6.07) is 0. The van der Waals surface area contributed by atoms with Crippen LogP contribution in [0.15, 0.2) is 0 Å². The van der Waals surface area contributed by atoms with Crippen LogP contribution in [0.4, 0.5) is 0 Å². The Morgan fingerprint density at radius 1 is 0.833 bits per heavy atom. The largest absolute Gasteiger partial charge is 0.481 e. The monoisotopic (exact) mass is 350 g/mol. The van der Waals surface area contributed by atoms with Crippen molar-refractivity contribution in [3.8, 4) is 0 Å². The number of ether oxygens (including phenoxy) is 2. The molecule has 0 aromatic carbocycles. The minimum Gasteiger partial charge on any atom is -0.481 e. The van der Waals surface area contributed by atoms with Crippen molar-refractivity contribution in [2.45, 2.75) is 63.6 Å². The van der Waals surface area contributed by atoms with Gasteiger partial charge in [0.05, 0.1) is 19.8 Å². The Morgan fingerprint density at radius 2 is 1.42 bits per heavy atom. The second kappa shape index (κ2) is 15.3. The molecule has 0 rings (SSSR count). The highest BCUT2D eigenvalue weighted by atomic mass is 16.6. The molecule has 2 unspecified atom stereocenters. The molecule has 0 aromatic rings. The standard InChI is InChI=1S/C16H30O8/c17-9-13(19)11-23-14(10-18)12-24-16(22)8-6-4-2-1-3-5-7-15(20)21/h13-14,17-19H,1-12H2,(H,20,21). The highest BCUT2D eigenvalue weighted by Crippen LogP contribution is 2.09. The third kappa shape index (κ3) is 14.4. The molecule has 0 saturated heterocycles. The lowest BCUT2D eigenvalue weighted by Gasteiger charge is -2.17. The Morgan fingerprint density at radius 3 is 1.96 bits per heavy atom. The highest BCUT2D eigenvalue weighted by molar-refractivity contribution is 5.69. The molecule has 0 aliphatic rings. The lowest BCUT2D eigenvalue weighted by Crippen LogP contribution is -2.30. The molecule has 0 aromatic heterocycles. The molecule has 0 spiro atoms. The maximum Gasteiger partial charge on any atom is 0.305 e. The number of aliphatic hydroxyl groups is 3. The summed E-state index contributed by atoms with van der Waals surface area (Å²) in [6.07, 6.45) is 3.80. The Bertz CT molecular complexity index is 334. The topological polar surface area (TPSA) is 134 Å². The first-order valence-electron chi connectivity index (χ1n) is 8.38. The van der Waals surface area contributed by atoms with Crippen molar-refractivity contribution in [1.82, 2.24) is 0 Å². The molecule has 0 amide bonds. The van der Waals surface area contributed by atoms with Crippen molar-refractivity contribution in [3.63, 3.8) is 0 Å². The summed E-state index contributed by atoms with van der Waals surface area (Å²) in [5.41, 5.74) is 0. The van der Waals surface area contributed by atoms with Crippen LogP contribution in [0.2, 0.25) is 0 Å². The number of esters is 1. The zero-order chi connectivity index (χ0) is 18.2. The van der Waals surface area contributed by atoms with E-state index in [4.69, 9.17) is 29.9 Å². The van der Waals surface area contributed by atoms with Gasteiger partial charge in [-0.15, -0.1) is 0 Å². The summed E-state index contributed by atoms with van der Waals surface area (Å²) in [7, 11) is 0. The van der Waals surface area contributed by atoms with Crippen LogP contribution < -0.4 is 0 Å². The van der Waals surface area contributed by atoms with Crippen LogP contribution >= 0.6 is 0 Å². The van der Waals surface area contributed by atoms with Crippen molar-refractivity contribution in [3.05, 3.63) is 0 Å². The molecule has 8 heteroatoms. The summed E-state index contributed by atoms with van der Waals surface area (Å²) in [6.45, 7) is -1.01. The number of aliphatic carboxylic acids is 1. The predicted octanol–water partition coefficient (Wildman–Crippen LogP) is 0.466. The average Bonchev–Trinajstić information content (AvgIpc) is 2.56. The minimum absolute atomic E-state index is 0.0946. The van der Waals surface area contributed by atoms with Crippen molar-refractivity contribution >= 4 is 11.9 Å². The maximum absolute atomic E-state index is 11.6. The summed E-state index contributed by atoms with van der Waals surface area (Å²) >= 11 is 0. The van der Waals surface area contributed by atoms with E-state index in [0.29, 0.717) is 12.8 Å². The smallest absolute Gasteiger partial charge is 0.305 e. The van der Waals surface area contributed by atoms with Crippen LogP contribution in [-0.4, -0.2) is 71.0 Å². The molecule has 0 aliphatic carbocycles. The van der Waals surface area contributed by atoms with E-state index >= 15 is 0 Å². The van der Waals surface area contributed by atoms with Gasteiger partial charge in [-0.25, -0.2) is 0 Å². The quantitative estimate of drug-likeness (QED) is 0.233. The van der Waals surface area contributed by atoms with Gasteiger partial charge in [0, 0.05) is 12.8 Å². The molecule has 8 nitrogen and oxygen atoms in total. The van der Waals surface area contributed by atoms with E-state index < -0.39 is 24.8 Å². The Kier molecular flexibility index (Phi) is 14.5. The van der Waals surface area contributed by atoms with Gasteiger partial charge in [0.2, 0.25) is 0 Å². The number of carboxylic acids is 1. The summed E-state index contributed by atoms with van der Waals surface area (Å²) in [5, 5.41) is 35.4. The zero-order valence-electron chi connectivity index (χ0n) is 14.1. The average molecular weight is 350 g/mol. The fourth-order valence-corrected chi connectivity index (χ4v) is 1.96. The van der Waals surface area contributed by atoms with Crippen LogP contribution in [0.5, 0.6) is 0 Å². The number of hydrogen-bond acceptors (Lipinski definition) is 7. The number of rotatable bonds is 16. The van der Waals surface area contributed by atoms with Crippen molar-refractivity contribution in [1.29, 1.82) is 0 Å². The molecule has 0 radical (unpaired) electrons. The number of carbonyl (C=O) groups excluding carboxylic acids is 1. The fraction of sp³-hybridized carbons (Fsp3) is 0.875. The van der Waals surface area contributed by atoms with E-state index in [-0.39, 0.29) is 38.6 Å². The Balaban J connectivity index is 3.55.